The summed E-state index contributed by atoms with van der Waals surface area (Å²) in [6, 6.07) is 5.17. The van der Waals surface area contributed by atoms with E-state index >= 15 is 0 Å². The highest BCUT2D eigenvalue weighted by atomic mass is 16.5. The lowest BCUT2D eigenvalue weighted by Gasteiger charge is -2.36. The predicted molar refractivity (Wildman–Crippen MR) is 198 cm³/mol. The summed E-state index contributed by atoms with van der Waals surface area (Å²) < 4.78 is 13.7. The van der Waals surface area contributed by atoms with E-state index in [4.69, 9.17) is 14.5 Å². The summed E-state index contributed by atoms with van der Waals surface area (Å²) in [5.74, 6) is -1.01. The molecule has 15 heteroatoms. The van der Waals surface area contributed by atoms with E-state index in [1.807, 2.05) is 54.5 Å². The molecule has 0 radical (unpaired) electrons. The predicted octanol–water partition coefficient (Wildman–Crippen LogP) is 3.42. The number of carbonyl (C=O) groups excluding carboxylic acids is 5. The van der Waals surface area contributed by atoms with Crippen LogP contribution in [0.1, 0.15) is 80.6 Å². The van der Waals surface area contributed by atoms with Gasteiger partial charge in [0, 0.05) is 47.9 Å². The number of likely N-dealkylation sites (tertiary alicyclic amines) is 1. The van der Waals surface area contributed by atoms with Crippen LogP contribution in [0.3, 0.4) is 0 Å². The van der Waals surface area contributed by atoms with Crippen LogP contribution < -0.4 is 30.7 Å². The molecule has 1 unspecified atom stereocenters. The number of rotatable bonds is 13. The van der Waals surface area contributed by atoms with Crippen molar-refractivity contribution in [2.75, 3.05) is 13.7 Å². The Bertz CT molecular complexity index is 1830. The number of methoxy groups -OCH3 is 1. The first-order valence-electron chi connectivity index (χ1n) is 18.2. The van der Waals surface area contributed by atoms with E-state index < -0.39 is 64.7 Å². The van der Waals surface area contributed by atoms with Crippen molar-refractivity contribution in [3.05, 3.63) is 42.7 Å². The van der Waals surface area contributed by atoms with Crippen molar-refractivity contribution in [3.8, 4) is 17.3 Å². The van der Waals surface area contributed by atoms with Crippen LogP contribution in [0.5, 0.6) is 11.5 Å². The third-order valence-electron chi connectivity index (χ3n) is 9.07. The van der Waals surface area contributed by atoms with Crippen LogP contribution in [0.15, 0.2) is 42.7 Å². The summed E-state index contributed by atoms with van der Waals surface area (Å²) >= 11 is 0. The van der Waals surface area contributed by atoms with E-state index in [9.17, 15) is 24.0 Å². The van der Waals surface area contributed by atoms with E-state index in [1.54, 1.807) is 48.5 Å². The molecule has 1 aromatic carbocycles. The van der Waals surface area contributed by atoms with Gasteiger partial charge in [-0.05, 0) is 63.6 Å². The highest BCUT2D eigenvalue weighted by molar-refractivity contribution is 6.38. The molecule has 1 saturated carbocycles. The minimum absolute atomic E-state index is 0.00228. The quantitative estimate of drug-likeness (QED) is 0.191. The smallest absolute Gasteiger partial charge is 0.315 e. The molecular weight excluding hydrogens is 680 g/mol. The average Bonchev–Trinajstić information content (AvgIpc) is 3.53. The number of Topliss-reactive ketones (excluding diaryl/α,β-unsaturated/α-hetero) is 1. The molecule has 4 atom stereocenters. The van der Waals surface area contributed by atoms with Crippen molar-refractivity contribution in [2.24, 2.45) is 5.41 Å². The number of ether oxygens (including phenoxy) is 2. The summed E-state index contributed by atoms with van der Waals surface area (Å²) in [4.78, 5) is 74.0. The van der Waals surface area contributed by atoms with E-state index in [0.717, 1.165) is 12.8 Å². The second-order valence-corrected chi connectivity index (χ2v) is 15.9. The van der Waals surface area contributed by atoms with E-state index in [2.05, 4.69) is 26.4 Å². The largest absolute Gasteiger partial charge is 0.497 e. The minimum atomic E-state index is -1.08. The number of urea groups is 1. The maximum Gasteiger partial charge on any atom is 0.315 e. The number of pyridine rings is 1. The van der Waals surface area contributed by atoms with Gasteiger partial charge in [0.2, 0.25) is 17.6 Å². The molecule has 4 N–H and O–H groups in total. The molecule has 1 saturated heterocycles. The third-order valence-corrected chi connectivity index (χ3v) is 9.07. The van der Waals surface area contributed by atoms with Crippen molar-refractivity contribution in [2.45, 2.75) is 116 Å². The van der Waals surface area contributed by atoms with E-state index in [1.165, 1.54) is 4.90 Å². The van der Waals surface area contributed by atoms with Crippen molar-refractivity contribution in [1.29, 1.82) is 0 Å². The van der Waals surface area contributed by atoms with Crippen LogP contribution in [0.2, 0.25) is 0 Å². The Kier molecular flexibility index (Phi) is 11.6. The van der Waals surface area contributed by atoms with Gasteiger partial charge in [-0.3, -0.25) is 19.2 Å². The van der Waals surface area contributed by atoms with Gasteiger partial charge in [-0.2, -0.15) is 5.10 Å². The second-order valence-electron chi connectivity index (χ2n) is 15.9. The fourth-order valence-corrected chi connectivity index (χ4v) is 6.25. The Labute approximate surface area is 309 Å². The van der Waals surface area contributed by atoms with Crippen molar-refractivity contribution >= 4 is 40.4 Å². The topological polar surface area (TPSA) is 186 Å². The maximum atomic E-state index is 14.6. The summed E-state index contributed by atoms with van der Waals surface area (Å²) in [5, 5.41) is 16.2. The van der Waals surface area contributed by atoms with Crippen LogP contribution in [0.25, 0.3) is 16.7 Å². The molecule has 0 spiro atoms. The standard InChI is InChI=1S/C38H52N8O7/c1-9-11-26(31(47)34(49)40-22-12-13-22)42-33(48)28-19-24(21-45(28)35(50)32(37(2,3)4)43-36(51)44-38(5,6)7)53-29-20-30(46-17-10-16-39-46)41-27-18-23(52-8)14-15-25(27)29/h10,14-18,20,22,24,26,28,32H,9,11-13,19,21H2,1-8H3,(H,40,49)(H,42,48)(H2,43,44,51)/t24-,26+,28?,32-/m1/s1. The number of aromatic nitrogens is 3. The van der Waals surface area contributed by atoms with Crippen LogP contribution in [-0.2, 0) is 19.2 Å². The fraction of sp³-hybridized carbons (Fsp3) is 0.553. The molecule has 5 amide bonds. The molecule has 0 bridgehead atoms. The molecule has 5 rings (SSSR count). The molecule has 286 valence electrons. The van der Waals surface area contributed by atoms with Gasteiger partial charge in [-0.15, -0.1) is 0 Å². The zero-order valence-electron chi connectivity index (χ0n) is 31.8. The lowest BCUT2D eigenvalue weighted by atomic mass is 9.85. The fourth-order valence-electron chi connectivity index (χ4n) is 6.25. The first kappa shape index (κ1) is 39.0. The lowest BCUT2D eigenvalue weighted by Crippen LogP contribution is -2.61. The molecule has 2 aromatic heterocycles. The molecule has 1 aliphatic heterocycles. The molecule has 3 heterocycles. The summed E-state index contributed by atoms with van der Waals surface area (Å²) in [5.41, 5.74) is -0.740. The summed E-state index contributed by atoms with van der Waals surface area (Å²) in [7, 11) is 1.57. The summed E-state index contributed by atoms with van der Waals surface area (Å²) in [6.45, 7) is 12.8. The van der Waals surface area contributed by atoms with Gasteiger partial charge in [0.15, 0.2) is 5.82 Å². The minimum Gasteiger partial charge on any atom is -0.497 e. The normalized spacial score (nSPS) is 18.5. The Morgan fingerprint density at radius 3 is 2.36 bits per heavy atom. The average molecular weight is 733 g/mol. The Hall–Kier alpha value is -5.21. The van der Waals surface area contributed by atoms with E-state index in [0.29, 0.717) is 34.6 Å². The second kappa shape index (κ2) is 15.8. The van der Waals surface area contributed by atoms with Gasteiger partial charge in [0.25, 0.3) is 5.91 Å². The molecule has 3 aromatic rings. The molecule has 2 fully saturated rings. The molecule has 53 heavy (non-hydrogen) atoms. The van der Waals surface area contributed by atoms with Gasteiger partial charge >= 0.3 is 6.03 Å². The molecule has 2 aliphatic rings. The van der Waals surface area contributed by atoms with Gasteiger partial charge in [-0.25, -0.2) is 14.5 Å². The van der Waals surface area contributed by atoms with Gasteiger partial charge in [0.05, 0.1) is 25.2 Å². The van der Waals surface area contributed by atoms with Gasteiger partial charge in [-0.1, -0.05) is 34.1 Å². The van der Waals surface area contributed by atoms with Crippen LogP contribution in [0, 0.1) is 5.41 Å². The lowest BCUT2D eigenvalue weighted by molar-refractivity contribution is -0.144. The highest BCUT2D eigenvalue weighted by Gasteiger charge is 2.47. The Balaban J connectivity index is 1.48. The van der Waals surface area contributed by atoms with Crippen LogP contribution in [-0.4, -0.2) is 98.7 Å². The number of carbonyl (C=O) groups is 5. The maximum absolute atomic E-state index is 14.6. The first-order chi connectivity index (χ1) is 25.0. The number of nitrogens with one attached hydrogen (secondary N) is 4. The van der Waals surface area contributed by atoms with Crippen molar-refractivity contribution < 1.29 is 33.4 Å². The van der Waals surface area contributed by atoms with Crippen LogP contribution in [0.4, 0.5) is 4.79 Å². The number of ketones is 1. The van der Waals surface area contributed by atoms with Crippen LogP contribution >= 0.6 is 0 Å². The van der Waals surface area contributed by atoms with E-state index in [-0.39, 0.29) is 25.4 Å². The summed E-state index contributed by atoms with van der Waals surface area (Å²) in [6.07, 6.45) is 5.17. The molecule has 15 nitrogen and oxygen atoms in total. The highest BCUT2D eigenvalue weighted by Crippen LogP contribution is 2.34. The SMILES string of the molecule is CCC[C@H](NC(=O)C1C[C@@H](Oc2cc(-n3cccn3)nc3cc(OC)ccc23)CN1C(=O)[C@@H](NC(=O)NC(C)(C)C)C(C)(C)C)C(=O)C(=O)NC1CC1. The molecule has 1 aliphatic carbocycles. The number of benzene rings is 1. The number of hydrogen-bond acceptors (Lipinski definition) is 9. The van der Waals surface area contributed by atoms with Gasteiger partial charge < -0.3 is 35.6 Å². The third kappa shape index (κ3) is 9.82. The zero-order chi connectivity index (χ0) is 38.7. The number of amides is 5. The van der Waals surface area contributed by atoms with Crippen molar-refractivity contribution in [1.82, 2.24) is 40.9 Å². The Morgan fingerprint density at radius 2 is 1.75 bits per heavy atom. The zero-order valence-corrected chi connectivity index (χ0v) is 31.8. The first-order valence-corrected chi connectivity index (χ1v) is 18.2. The molecular formula is C38H52N8O7. The Morgan fingerprint density at radius 1 is 1.02 bits per heavy atom. The monoisotopic (exact) mass is 732 g/mol. The number of hydrogen-bond donors (Lipinski definition) is 4. The van der Waals surface area contributed by atoms with Gasteiger partial charge in [0.1, 0.15) is 29.7 Å². The number of nitrogens with zero attached hydrogens (tertiary/aromatic N) is 4. The number of fused-ring (bicyclic) bond motifs is 1. The van der Waals surface area contributed by atoms with Crippen molar-refractivity contribution in [3.63, 3.8) is 0 Å².